The number of amides is 3. The van der Waals surface area contributed by atoms with Crippen molar-refractivity contribution in [2.45, 2.75) is 26.7 Å². The molecule has 0 fully saturated rings. The molecule has 104 valence electrons. The molecule has 0 saturated heterocycles. The largest absolute Gasteiger partial charge is 0.358 e. The number of hydrogen-bond donors (Lipinski definition) is 4. The summed E-state index contributed by atoms with van der Waals surface area (Å²) >= 11 is 0. The molecule has 0 aromatic carbocycles. The van der Waals surface area contributed by atoms with E-state index in [0.29, 0.717) is 6.42 Å². The standard InChI is InChI=1S/C11H21N3O4/c1-7(2)4-8(5-9(15)14-18)11(17)13-6-10(16)12-3/h7-8,18H,4-6H2,1-3H3,(H,12,16)(H,13,17)(H,14,15)/t8-/m1/s1. The number of carbonyl (C=O) groups is 3. The molecular formula is C11H21N3O4. The third-order valence-electron chi connectivity index (χ3n) is 2.39. The summed E-state index contributed by atoms with van der Waals surface area (Å²) in [6, 6.07) is 0. The molecule has 7 heteroatoms. The molecule has 0 unspecified atom stereocenters. The quantitative estimate of drug-likeness (QED) is 0.362. The molecule has 0 rings (SSSR count). The van der Waals surface area contributed by atoms with Crippen molar-refractivity contribution < 1.29 is 19.6 Å². The monoisotopic (exact) mass is 259 g/mol. The molecule has 0 bridgehead atoms. The molecule has 3 amide bonds. The smallest absolute Gasteiger partial charge is 0.244 e. The van der Waals surface area contributed by atoms with E-state index in [0.717, 1.165) is 0 Å². The summed E-state index contributed by atoms with van der Waals surface area (Å²) in [4.78, 5) is 33.9. The van der Waals surface area contributed by atoms with E-state index in [2.05, 4.69) is 10.6 Å². The van der Waals surface area contributed by atoms with Gasteiger partial charge in [-0.1, -0.05) is 13.8 Å². The van der Waals surface area contributed by atoms with Crippen molar-refractivity contribution in [2.24, 2.45) is 11.8 Å². The van der Waals surface area contributed by atoms with E-state index < -0.39 is 11.8 Å². The van der Waals surface area contributed by atoms with Crippen molar-refractivity contribution >= 4 is 17.7 Å². The van der Waals surface area contributed by atoms with Crippen molar-refractivity contribution in [1.82, 2.24) is 16.1 Å². The maximum absolute atomic E-state index is 11.8. The number of rotatable bonds is 7. The lowest BCUT2D eigenvalue weighted by molar-refractivity contribution is -0.135. The molecule has 0 spiro atoms. The van der Waals surface area contributed by atoms with Crippen LogP contribution >= 0.6 is 0 Å². The molecule has 0 radical (unpaired) electrons. The van der Waals surface area contributed by atoms with Crippen LogP contribution in [0, 0.1) is 11.8 Å². The summed E-state index contributed by atoms with van der Waals surface area (Å²) in [5.41, 5.74) is 1.50. The second-order valence-electron chi connectivity index (χ2n) is 4.46. The zero-order valence-corrected chi connectivity index (χ0v) is 10.9. The fraction of sp³-hybridized carbons (Fsp3) is 0.727. The molecule has 0 aromatic heterocycles. The first-order valence-corrected chi connectivity index (χ1v) is 5.81. The van der Waals surface area contributed by atoms with E-state index in [-0.39, 0.29) is 30.7 Å². The summed E-state index contributed by atoms with van der Waals surface area (Å²) in [5.74, 6) is -1.61. The van der Waals surface area contributed by atoms with Gasteiger partial charge in [-0.2, -0.15) is 0 Å². The van der Waals surface area contributed by atoms with Gasteiger partial charge in [-0.05, 0) is 12.3 Å². The molecule has 18 heavy (non-hydrogen) atoms. The summed E-state index contributed by atoms with van der Waals surface area (Å²) in [7, 11) is 1.47. The average Bonchev–Trinajstić information content (AvgIpc) is 2.33. The Morgan fingerprint density at radius 2 is 1.78 bits per heavy atom. The van der Waals surface area contributed by atoms with E-state index in [1.54, 1.807) is 0 Å². The highest BCUT2D eigenvalue weighted by molar-refractivity contribution is 5.88. The number of nitrogens with one attached hydrogen (secondary N) is 3. The van der Waals surface area contributed by atoms with Gasteiger partial charge in [0.2, 0.25) is 17.7 Å². The highest BCUT2D eigenvalue weighted by Gasteiger charge is 2.23. The van der Waals surface area contributed by atoms with Crippen LogP contribution in [0.25, 0.3) is 0 Å². The van der Waals surface area contributed by atoms with Crippen LogP contribution in [0.4, 0.5) is 0 Å². The Morgan fingerprint density at radius 3 is 2.22 bits per heavy atom. The molecule has 7 nitrogen and oxygen atoms in total. The van der Waals surface area contributed by atoms with Gasteiger partial charge in [0.05, 0.1) is 6.54 Å². The van der Waals surface area contributed by atoms with Gasteiger partial charge in [0.15, 0.2) is 0 Å². The summed E-state index contributed by atoms with van der Waals surface area (Å²) in [6.45, 7) is 3.73. The first-order chi connectivity index (χ1) is 8.40. The SMILES string of the molecule is CNC(=O)CNC(=O)[C@@H](CC(=O)NO)CC(C)C. The maximum atomic E-state index is 11.8. The van der Waals surface area contributed by atoms with E-state index >= 15 is 0 Å². The van der Waals surface area contributed by atoms with Gasteiger partial charge in [0, 0.05) is 19.4 Å². The van der Waals surface area contributed by atoms with Crippen LogP contribution in [0.3, 0.4) is 0 Å². The van der Waals surface area contributed by atoms with Crippen molar-refractivity contribution in [3.05, 3.63) is 0 Å². The van der Waals surface area contributed by atoms with E-state index in [4.69, 9.17) is 5.21 Å². The molecule has 0 aromatic rings. The fourth-order valence-electron chi connectivity index (χ4n) is 1.52. The van der Waals surface area contributed by atoms with Gasteiger partial charge in [0.25, 0.3) is 0 Å². The van der Waals surface area contributed by atoms with Crippen molar-refractivity contribution in [3.63, 3.8) is 0 Å². The molecule has 0 aliphatic rings. The maximum Gasteiger partial charge on any atom is 0.244 e. The zero-order chi connectivity index (χ0) is 14.1. The van der Waals surface area contributed by atoms with E-state index in [1.807, 2.05) is 13.8 Å². The third-order valence-corrected chi connectivity index (χ3v) is 2.39. The summed E-state index contributed by atoms with van der Waals surface area (Å²) < 4.78 is 0. The second kappa shape index (κ2) is 8.46. The van der Waals surface area contributed by atoms with Gasteiger partial charge in [-0.3, -0.25) is 19.6 Å². The Hall–Kier alpha value is -1.63. The van der Waals surface area contributed by atoms with Crippen molar-refractivity contribution in [2.75, 3.05) is 13.6 Å². The molecule has 1 atom stereocenters. The van der Waals surface area contributed by atoms with Gasteiger partial charge >= 0.3 is 0 Å². The lowest BCUT2D eigenvalue weighted by atomic mass is 9.93. The van der Waals surface area contributed by atoms with E-state index in [9.17, 15) is 14.4 Å². The minimum atomic E-state index is -0.615. The zero-order valence-electron chi connectivity index (χ0n) is 10.9. The lowest BCUT2D eigenvalue weighted by Crippen LogP contribution is -2.40. The van der Waals surface area contributed by atoms with Crippen LogP contribution in [0.5, 0.6) is 0 Å². The Kier molecular flexibility index (Phi) is 7.69. The third kappa shape index (κ3) is 6.85. The highest BCUT2D eigenvalue weighted by Crippen LogP contribution is 2.15. The highest BCUT2D eigenvalue weighted by atomic mass is 16.5. The summed E-state index contributed by atoms with van der Waals surface area (Å²) in [6.07, 6.45) is 0.404. The first-order valence-electron chi connectivity index (χ1n) is 5.81. The average molecular weight is 259 g/mol. The number of likely N-dealkylation sites (N-methyl/N-ethyl adjacent to an activating group) is 1. The van der Waals surface area contributed by atoms with Crippen LogP contribution in [0.2, 0.25) is 0 Å². The van der Waals surface area contributed by atoms with Crippen LogP contribution < -0.4 is 16.1 Å². The molecule has 0 aliphatic heterocycles. The number of hydrogen-bond acceptors (Lipinski definition) is 4. The van der Waals surface area contributed by atoms with Crippen molar-refractivity contribution in [3.8, 4) is 0 Å². The number of carbonyl (C=O) groups excluding carboxylic acids is 3. The predicted octanol–water partition coefficient (Wildman–Crippen LogP) is -0.594. The Morgan fingerprint density at radius 1 is 1.17 bits per heavy atom. The van der Waals surface area contributed by atoms with Gasteiger partial charge in [-0.15, -0.1) is 0 Å². The Bertz CT molecular complexity index is 305. The van der Waals surface area contributed by atoms with Gasteiger partial charge < -0.3 is 10.6 Å². The Balaban J connectivity index is 4.39. The fourth-order valence-corrected chi connectivity index (χ4v) is 1.52. The van der Waals surface area contributed by atoms with Gasteiger partial charge in [0.1, 0.15) is 0 Å². The van der Waals surface area contributed by atoms with Gasteiger partial charge in [-0.25, -0.2) is 5.48 Å². The molecule has 4 N–H and O–H groups in total. The molecule has 0 aliphatic carbocycles. The molecule has 0 heterocycles. The van der Waals surface area contributed by atoms with Crippen LogP contribution in [-0.4, -0.2) is 36.5 Å². The molecule has 0 saturated carbocycles. The minimum absolute atomic E-state index is 0.103. The minimum Gasteiger partial charge on any atom is -0.358 e. The Labute approximate surface area is 106 Å². The van der Waals surface area contributed by atoms with Crippen LogP contribution in [-0.2, 0) is 14.4 Å². The summed E-state index contributed by atoms with van der Waals surface area (Å²) in [5, 5.41) is 13.3. The van der Waals surface area contributed by atoms with Crippen LogP contribution in [0.1, 0.15) is 26.7 Å². The topological polar surface area (TPSA) is 108 Å². The lowest BCUT2D eigenvalue weighted by Gasteiger charge is -2.17. The van der Waals surface area contributed by atoms with Crippen molar-refractivity contribution in [1.29, 1.82) is 0 Å². The van der Waals surface area contributed by atoms with E-state index in [1.165, 1.54) is 12.5 Å². The van der Waals surface area contributed by atoms with Crippen LogP contribution in [0.15, 0.2) is 0 Å². The normalized spacial score (nSPS) is 11.8. The first kappa shape index (κ1) is 16.4. The molecular weight excluding hydrogens is 238 g/mol. The second-order valence-corrected chi connectivity index (χ2v) is 4.46. The predicted molar refractivity (Wildman–Crippen MR) is 64.6 cm³/mol. The number of hydroxylamine groups is 1.